The van der Waals surface area contributed by atoms with E-state index in [1.54, 1.807) is 6.07 Å². The standard InChI is InChI=1S/C15H22N2O2/c16-14-7-2-1-4-11(14)8-15(19)17-9-12-5-3-6-13(12)10-18/h1-2,4,7,12-13,18H,3,5-6,8-10,16H2,(H,17,19). The Morgan fingerprint density at radius 3 is 2.79 bits per heavy atom. The van der Waals surface area contributed by atoms with Crippen LogP contribution >= 0.6 is 0 Å². The van der Waals surface area contributed by atoms with Gasteiger partial charge in [0, 0.05) is 18.8 Å². The number of hydrogen-bond donors (Lipinski definition) is 3. The molecule has 0 aromatic heterocycles. The Morgan fingerprint density at radius 1 is 1.32 bits per heavy atom. The van der Waals surface area contributed by atoms with Crippen molar-refractivity contribution in [2.24, 2.45) is 11.8 Å². The summed E-state index contributed by atoms with van der Waals surface area (Å²) in [6, 6.07) is 7.43. The lowest BCUT2D eigenvalue weighted by atomic mass is 9.97. The first-order valence-electron chi connectivity index (χ1n) is 6.91. The number of aliphatic hydroxyl groups is 1. The Balaban J connectivity index is 1.80. The molecule has 2 atom stereocenters. The number of benzene rings is 1. The highest BCUT2D eigenvalue weighted by molar-refractivity contribution is 5.80. The SMILES string of the molecule is Nc1ccccc1CC(=O)NCC1CCCC1CO. The number of para-hydroxylation sites is 1. The molecule has 4 nitrogen and oxygen atoms in total. The van der Waals surface area contributed by atoms with Crippen molar-refractivity contribution in [3.63, 3.8) is 0 Å². The molecule has 1 aliphatic carbocycles. The van der Waals surface area contributed by atoms with Crippen molar-refractivity contribution in [1.82, 2.24) is 5.32 Å². The molecule has 2 rings (SSSR count). The van der Waals surface area contributed by atoms with E-state index in [-0.39, 0.29) is 12.5 Å². The Kier molecular flexibility index (Phi) is 4.80. The molecular formula is C15H22N2O2. The molecule has 19 heavy (non-hydrogen) atoms. The maximum absolute atomic E-state index is 11.9. The number of rotatable bonds is 5. The normalized spacial score (nSPS) is 22.4. The van der Waals surface area contributed by atoms with Gasteiger partial charge in [-0.15, -0.1) is 0 Å². The Morgan fingerprint density at radius 2 is 2.05 bits per heavy atom. The summed E-state index contributed by atoms with van der Waals surface area (Å²) >= 11 is 0. The minimum Gasteiger partial charge on any atom is -0.398 e. The smallest absolute Gasteiger partial charge is 0.224 e. The maximum Gasteiger partial charge on any atom is 0.224 e. The Hall–Kier alpha value is -1.55. The zero-order valence-electron chi connectivity index (χ0n) is 11.1. The highest BCUT2D eigenvalue weighted by atomic mass is 16.3. The molecule has 4 N–H and O–H groups in total. The first-order valence-corrected chi connectivity index (χ1v) is 6.91. The molecule has 4 heteroatoms. The van der Waals surface area contributed by atoms with Crippen molar-refractivity contribution in [1.29, 1.82) is 0 Å². The monoisotopic (exact) mass is 262 g/mol. The molecule has 0 aliphatic heterocycles. The predicted octanol–water partition coefficient (Wildman–Crippen LogP) is 1.34. The van der Waals surface area contributed by atoms with Crippen LogP contribution in [-0.4, -0.2) is 24.2 Å². The van der Waals surface area contributed by atoms with Gasteiger partial charge < -0.3 is 16.2 Å². The average Bonchev–Trinajstić information content (AvgIpc) is 2.86. The second-order valence-electron chi connectivity index (χ2n) is 5.31. The van der Waals surface area contributed by atoms with Crippen molar-refractivity contribution < 1.29 is 9.90 Å². The summed E-state index contributed by atoms with van der Waals surface area (Å²) in [5, 5.41) is 12.2. The van der Waals surface area contributed by atoms with Gasteiger partial charge in [-0.1, -0.05) is 24.6 Å². The van der Waals surface area contributed by atoms with Crippen molar-refractivity contribution in [2.45, 2.75) is 25.7 Å². The van der Waals surface area contributed by atoms with Gasteiger partial charge in [-0.3, -0.25) is 4.79 Å². The fourth-order valence-electron chi connectivity index (χ4n) is 2.80. The van der Waals surface area contributed by atoms with E-state index in [9.17, 15) is 9.90 Å². The topological polar surface area (TPSA) is 75.4 Å². The molecule has 0 saturated heterocycles. The van der Waals surface area contributed by atoms with Crippen LogP contribution in [0.5, 0.6) is 0 Å². The summed E-state index contributed by atoms with van der Waals surface area (Å²) in [4.78, 5) is 11.9. The highest BCUT2D eigenvalue weighted by Gasteiger charge is 2.26. The highest BCUT2D eigenvalue weighted by Crippen LogP contribution is 2.30. The van der Waals surface area contributed by atoms with E-state index < -0.39 is 0 Å². The van der Waals surface area contributed by atoms with E-state index in [2.05, 4.69) is 5.32 Å². The molecule has 0 radical (unpaired) electrons. The summed E-state index contributed by atoms with van der Waals surface area (Å²) < 4.78 is 0. The molecule has 1 aromatic rings. The summed E-state index contributed by atoms with van der Waals surface area (Å²) in [6.45, 7) is 0.892. The number of hydrogen-bond acceptors (Lipinski definition) is 3. The first kappa shape index (κ1) is 13.9. The minimum atomic E-state index is 0.00138. The van der Waals surface area contributed by atoms with Crippen LogP contribution < -0.4 is 11.1 Å². The zero-order valence-corrected chi connectivity index (χ0v) is 11.1. The van der Waals surface area contributed by atoms with Crippen LogP contribution in [-0.2, 0) is 11.2 Å². The van der Waals surface area contributed by atoms with Gasteiger partial charge in [0.1, 0.15) is 0 Å². The third kappa shape index (κ3) is 3.70. The number of nitrogen functional groups attached to an aromatic ring is 1. The van der Waals surface area contributed by atoms with Gasteiger partial charge in [-0.25, -0.2) is 0 Å². The van der Waals surface area contributed by atoms with E-state index >= 15 is 0 Å². The summed E-state index contributed by atoms with van der Waals surface area (Å²) in [5.41, 5.74) is 7.34. The molecule has 0 spiro atoms. The Bertz CT molecular complexity index is 434. The first-order chi connectivity index (χ1) is 9.20. The van der Waals surface area contributed by atoms with Gasteiger partial charge in [-0.05, 0) is 36.3 Å². The molecule has 104 valence electrons. The maximum atomic E-state index is 11.9. The van der Waals surface area contributed by atoms with Gasteiger partial charge in [0.25, 0.3) is 0 Å². The number of aliphatic hydroxyl groups excluding tert-OH is 1. The third-order valence-electron chi connectivity index (χ3n) is 4.02. The molecule has 1 fully saturated rings. The van der Waals surface area contributed by atoms with Crippen molar-refractivity contribution in [3.05, 3.63) is 29.8 Å². The number of amides is 1. The summed E-state index contributed by atoms with van der Waals surface area (Å²) in [5.74, 6) is 0.769. The Labute approximate surface area is 114 Å². The number of carbonyl (C=O) groups is 1. The quantitative estimate of drug-likeness (QED) is 0.701. The van der Waals surface area contributed by atoms with Crippen LogP contribution in [0.1, 0.15) is 24.8 Å². The number of nitrogens with one attached hydrogen (secondary N) is 1. The van der Waals surface area contributed by atoms with Crippen LogP contribution in [0.4, 0.5) is 5.69 Å². The molecule has 1 aromatic carbocycles. The lowest BCUT2D eigenvalue weighted by molar-refractivity contribution is -0.120. The van der Waals surface area contributed by atoms with E-state index in [0.29, 0.717) is 30.5 Å². The van der Waals surface area contributed by atoms with Crippen LogP contribution in [0.3, 0.4) is 0 Å². The minimum absolute atomic E-state index is 0.00138. The van der Waals surface area contributed by atoms with E-state index in [1.807, 2.05) is 18.2 Å². The van der Waals surface area contributed by atoms with Crippen LogP contribution in [0.25, 0.3) is 0 Å². The molecular weight excluding hydrogens is 240 g/mol. The molecule has 2 unspecified atom stereocenters. The van der Waals surface area contributed by atoms with Gasteiger partial charge in [-0.2, -0.15) is 0 Å². The third-order valence-corrected chi connectivity index (χ3v) is 4.02. The number of nitrogens with two attached hydrogens (primary N) is 1. The van der Waals surface area contributed by atoms with Crippen LogP contribution in [0.2, 0.25) is 0 Å². The fraction of sp³-hybridized carbons (Fsp3) is 0.533. The molecule has 0 bridgehead atoms. The fourth-order valence-corrected chi connectivity index (χ4v) is 2.80. The van der Waals surface area contributed by atoms with E-state index in [0.717, 1.165) is 24.8 Å². The van der Waals surface area contributed by atoms with E-state index in [1.165, 1.54) is 0 Å². The van der Waals surface area contributed by atoms with Gasteiger partial charge in [0.15, 0.2) is 0 Å². The molecule has 1 amide bonds. The summed E-state index contributed by atoms with van der Waals surface area (Å²) in [7, 11) is 0. The summed E-state index contributed by atoms with van der Waals surface area (Å²) in [6.07, 6.45) is 3.64. The van der Waals surface area contributed by atoms with Crippen LogP contribution in [0, 0.1) is 11.8 Å². The molecule has 1 saturated carbocycles. The van der Waals surface area contributed by atoms with Crippen LogP contribution in [0.15, 0.2) is 24.3 Å². The second-order valence-corrected chi connectivity index (χ2v) is 5.31. The predicted molar refractivity (Wildman–Crippen MR) is 75.5 cm³/mol. The van der Waals surface area contributed by atoms with Gasteiger partial charge in [0.05, 0.1) is 6.42 Å². The van der Waals surface area contributed by atoms with Crippen molar-refractivity contribution in [2.75, 3.05) is 18.9 Å². The number of carbonyl (C=O) groups excluding carboxylic acids is 1. The zero-order chi connectivity index (χ0) is 13.7. The van der Waals surface area contributed by atoms with Crippen molar-refractivity contribution >= 4 is 11.6 Å². The average molecular weight is 262 g/mol. The lowest BCUT2D eigenvalue weighted by Gasteiger charge is -2.17. The largest absolute Gasteiger partial charge is 0.398 e. The van der Waals surface area contributed by atoms with Gasteiger partial charge >= 0.3 is 0 Å². The second kappa shape index (κ2) is 6.57. The van der Waals surface area contributed by atoms with Gasteiger partial charge in [0.2, 0.25) is 5.91 Å². The molecule has 0 heterocycles. The number of anilines is 1. The van der Waals surface area contributed by atoms with E-state index in [4.69, 9.17) is 5.73 Å². The molecule has 1 aliphatic rings. The van der Waals surface area contributed by atoms with Crippen molar-refractivity contribution in [3.8, 4) is 0 Å². The lowest BCUT2D eigenvalue weighted by Crippen LogP contribution is -2.32.